The van der Waals surface area contributed by atoms with Crippen molar-refractivity contribution in [2.75, 3.05) is 45.0 Å². The monoisotopic (exact) mass is 279 g/mol. The number of ether oxygens (including phenoxy) is 1. The third-order valence-electron chi connectivity index (χ3n) is 3.27. The zero-order valence-corrected chi connectivity index (χ0v) is 13.0. The molecule has 1 unspecified atom stereocenters. The summed E-state index contributed by atoms with van der Waals surface area (Å²) in [7, 11) is 5.14. The Morgan fingerprint density at radius 2 is 2.05 bits per heavy atom. The summed E-state index contributed by atoms with van der Waals surface area (Å²) in [6.45, 7) is 5.62. The van der Waals surface area contributed by atoms with E-state index in [9.17, 15) is 4.79 Å². The van der Waals surface area contributed by atoms with E-state index in [0.717, 1.165) is 12.2 Å². The third-order valence-corrected chi connectivity index (χ3v) is 3.27. The summed E-state index contributed by atoms with van der Waals surface area (Å²) in [5, 5.41) is 0. The average molecular weight is 279 g/mol. The van der Waals surface area contributed by atoms with Crippen LogP contribution >= 0.6 is 0 Å². The Balaban J connectivity index is 3.05. The highest BCUT2D eigenvalue weighted by Gasteiger charge is 2.17. The molecule has 0 spiro atoms. The van der Waals surface area contributed by atoms with Gasteiger partial charge in [0, 0.05) is 39.4 Å². The molecule has 5 heteroatoms. The second kappa shape index (κ2) is 7.14. The Labute approximate surface area is 121 Å². The molecule has 1 amide bonds. The molecule has 5 nitrogen and oxygen atoms in total. The Kier molecular flexibility index (Phi) is 5.82. The largest absolute Gasteiger partial charge is 0.397 e. The predicted molar refractivity (Wildman–Crippen MR) is 83.2 cm³/mol. The van der Waals surface area contributed by atoms with Gasteiger partial charge in [-0.2, -0.15) is 0 Å². The SMILES string of the molecule is CCN(c1ccc(C(=O)N(C)C)cc1N)C(C)COC. The highest BCUT2D eigenvalue weighted by atomic mass is 16.5. The average Bonchev–Trinajstić information content (AvgIpc) is 2.40. The van der Waals surface area contributed by atoms with Crippen LogP contribution in [-0.4, -0.2) is 51.2 Å². The molecule has 0 aliphatic heterocycles. The van der Waals surface area contributed by atoms with Gasteiger partial charge in [-0.3, -0.25) is 4.79 Å². The van der Waals surface area contributed by atoms with Gasteiger partial charge in [0.15, 0.2) is 0 Å². The summed E-state index contributed by atoms with van der Waals surface area (Å²) >= 11 is 0. The van der Waals surface area contributed by atoms with Crippen LogP contribution in [0.5, 0.6) is 0 Å². The number of benzene rings is 1. The van der Waals surface area contributed by atoms with E-state index >= 15 is 0 Å². The minimum atomic E-state index is -0.0451. The van der Waals surface area contributed by atoms with Crippen LogP contribution in [0.1, 0.15) is 24.2 Å². The van der Waals surface area contributed by atoms with Gasteiger partial charge in [0.1, 0.15) is 0 Å². The molecule has 1 rings (SSSR count). The maximum atomic E-state index is 11.9. The quantitative estimate of drug-likeness (QED) is 0.807. The Morgan fingerprint density at radius 1 is 1.40 bits per heavy atom. The standard InChI is InChI=1S/C15H25N3O2/c1-6-18(11(2)10-20-5)14-8-7-12(9-13(14)16)15(19)17(3)4/h7-9,11H,6,10,16H2,1-5H3. The maximum Gasteiger partial charge on any atom is 0.253 e. The van der Waals surface area contributed by atoms with Gasteiger partial charge in [0.2, 0.25) is 0 Å². The lowest BCUT2D eigenvalue weighted by Crippen LogP contribution is -2.36. The molecule has 0 aliphatic carbocycles. The molecule has 0 saturated carbocycles. The number of methoxy groups -OCH3 is 1. The fraction of sp³-hybridized carbons (Fsp3) is 0.533. The van der Waals surface area contributed by atoms with Crippen molar-refractivity contribution in [3.63, 3.8) is 0 Å². The van der Waals surface area contributed by atoms with Gasteiger partial charge in [-0.15, -0.1) is 0 Å². The summed E-state index contributed by atoms with van der Waals surface area (Å²) in [4.78, 5) is 15.6. The molecular weight excluding hydrogens is 254 g/mol. The van der Waals surface area contributed by atoms with E-state index in [-0.39, 0.29) is 11.9 Å². The van der Waals surface area contributed by atoms with Gasteiger partial charge >= 0.3 is 0 Å². The summed E-state index contributed by atoms with van der Waals surface area (Å²) < 4.78 is 5.20. The van der Waals surface area contributed by atoms with Crippen molar-refractivity contribution in [2.45, 2.75) is 19.9 Å². The number of nitrogens with two attached hydrogens (primary N) is 1. The summed E-state index contributed by atoms with van der Waals surface area (Å²) in [6, 6.07) is 5.68. The number of carbonyl (C=O) groups is 1. The van der Waals surface area contributed by atoms with E-state index in [1.165, 1.54) is 0 Å². The molecule has 0 aromatic heterocycles. The normalized spacial score (nSPS) is 12.1. The van der Waals surface area contributed by atoms with Crippen molar-refractivity contribution in [3.8, 4) is 0 Å². The van der Waals surface area contributed by atoms with Gasteiger partial charge in [0.25, 0.3) is 5.91 Å². The van der Waals surface area contributed by atoms with Gasteiger partial charge in [-0.1, -0.05) is 0 Å². The zero-order chi connectivity index (χ0) is 15.3. The lowest BCUT2D eigenvalue weighted by atomic mass is 10.1. The molecular formula is C15H25N3O2. The molecule has 0 fully saturated rings. The summed E-state index contributed by atoms with van der Waals surface area (Å²) in [5.41, 5.74) is 8.27. The Morgan fingerprint density at radius 3 is 2.50 bits per heavy atom. The van der Waals surface area contributed by atoms with E-state index in [1.54, 1.807) is 32.2 Å². The predicted octanol–water partition coefficient (Wildman–Crippen LogP) is 1.83. The summed E-state index contributed by atoms with van der Waals surface area (Å²) in [6.07, 6.45) is 0. The van der Waals surface area contributed by atoms with Crippen LogP contribution in [0.4, 0.5) is 11.4 Å². The van der Waals surface area contributed by atoms with Crippen molar-refractivity contribution in [2.24, 2.45) is 0 Å². The molecule has 1 aromatic carbocycles. The second-order valence-electron chi connectivity index (χ2n) is 5.06. The number of rotatable bonds is 6. The van der Waals surface area contributed by atoms with Crippen molar-refractivity contribution in [1.29, 1.82) is 0 Å². The number of hydrogen-bond acceptors (Lipinski definition) is 4. The number of anilines is 2. The fourth-order valence-electron chi connectivity index (χ4n) is 2.26. The highest BCUT2D eigenvalue weighted by molar-refractivity contribution is 5.95. The first kappa shape index (κ1) is 16.3. The first-order valence-corrected chi connectivity index (χ1v) is 6.79. The molecule has 0 radical (unpaired) electrons. The molecule has 0 bridgehead atoms. The molecule has 0 heterocycles. The highest BCUT2D eigenvalue weighted by Crippen LogP contribution is 2.26. The van der Waals surface area contributed by atoms with Gasteiger partial charge in [-0.05, 0) is 32.0 Å². The van der Waals surface area contributed by atoms with Crippen molar-refractivity contribution < 1.29 is 9.53 Å². The van der Waals surface area contributed by atoms with Crippen molar-refractivity contribution in [1.82, 2.24) is 4.90 Å². The topological polar surface area (TPSA) is 58.8 Å². The lowest BCUT2D eigenvalue weighted by molar-refractivity contribution is 0.0827. The van der Waals surface area contributed by atoms with Gasteiger partial charge < -0.3 is 20.3 Å². The van der Waals surface area contributed by atoms with Crippen LogP contribution in [-0.2, 0) is 4.74 Å². The van der Waals surface area contributed by atoms with Crippen LogP contribution < -0.4 is 10.6 Å². The minimum Gasteiger partial charge on any atom is -0.397 e. The molecule has 112 valence electrons. The first-order valence-electron chi connectivity index (χ1n) is 6.79. The number of likely N-dealkylation sites (N-methyl/N-ethyl adjacent to an activating group) is 1. The van der Waals surface area contributed by atoms with Crippen LogP contribution in [0.2, 0.25) is 0 Å². The zero-order valence-electron chi connectivity index (χ0n) is 13.0. The number of nitrogen functional groups attached to an aromatic ring is 1. The Bertz CT molecular complexity index is 460. The number of hydrogen-bond donors (Lipinski definition) is 1. The molecule has 2 N–H and O–H groups in total. The molecule has 1 aromatic rings. The molecule has 0 saturated heterocycles. The first-order chi connectivity index (χ1) is 9.42. The smallest absolute Gasteiger partial charge is 0.253 e. The number of amides is 1. The number of carbonyl (C=O) groups excluding carboxylic acids is 1. The van der Waals surface area contributed by atoms with Crippen molar-refractivity contribution >= 4 is 17.3 Å². The fourth-order valence-corrected chi connectivity index (χ4v) is 2.26. The number of nitrogens with zero attached hydrogens (tertiary/aromatic N) is 2. The van der Waals surface area contributed by atoms with Crippen molar-refractivity contribution in [3.05, 3.63) is 23.8 Å². The van der Waals surface area contributed by atoms with E-state index in [0.29, 0.717) is 17.9 Å². The van der Waals surface area contributed by atoms with E-state index < -0.39 is 0 Å². The van der Waals surface area contributed by atoms with Crippen LogP contribution in [0.3, 0.4) is 0 Å². The van der Waals surface area contributed by atoms with Crippen LogP contribution in [0.25, 0.3) is 0 Å². The lowest BCUT2D eigenvalue weighted by Gasteiger charge is -2.31. The Hall–Kier alpha value is -1.75. The molecule has 0 aliphatic rings. The molecule has 1 atom stereocenters. The molecule has 20 heavy (non-hydrogen) atoms. The van der Waals surface area contributed by atoms with E-state index in [2.05, 4.69) is 18.7 Å². The third kappa shape index (κ3) is 3.63. The maximum absolute atomic E-state index is 11.9. The second-order valence-corrected chi connectivity index (χ2v) is 5.06. The minimum absolute atomic E-state index is 0.0451. The van der Waals surface area contributed by atoms with E-state index in [1.807, 2.05) is 12.1 Å². The summed E-state index contributed by atoms with van der Waals surface area (Å²) in [5.74, 6) is -0.0451. The van der Waals surface area contributed by atoms with E-state index in [4.69, 9.17) is 10.5 Å². The van der Waals surface area contributed by atoms with Gasteiger partial charge in [-0.25, -0.2) is 0 Å². The van der Waals surface area contributed by atoms with Crippen LogP contribution in [0, 0.1) is 0 Å². The van der Waals surface area contributed by atoms with Crippen LogP contribution in [0.15, 0.2) is 18.2 Å². The van der Waals surface area contributed by atoms with Gasteiger partial charge in [0.05, 0.1) is 18.0 Å².